The van der Waals surface area contributed by atoms with Gasteiger partial charge in [0.2, 0.25) is 0 Å². The third-order valence-electron chi connectivity index (χ3n) is 5.14. The highest BCUT2D eigenvalue weighted by atomic mass is 16.5. The van der Waals surface area contributed by atoms with Crippen LogP contribution in [-0.4, -0.2) is 85.8 Å². The van der Waals surface area contributed by atoms with Crippen LogP contribution in [0.5, 0.6) is 5.75 Å². The zero-order valence-corrected chi connectivity index (χ0v) is 20.7. The van der Waals surface area contributed by atoms with Crippen LogP contribution in [-0.2, 0) is 14.4 Å². The minimum absolute atomic E-state index is 0.0460. The summed E-state index contributed by atoms with van der Waals surface area (Å²) in [6.45, 7) is 7.84. The molecule has 1 aromatic heterocycles. The number of pyridine rings is 1. The first-order valence-corrected chi connectivity index (χ1v) is 11.5. The summed E-state index contributed by atoms with van der Waals surface area (Å²) in [7, 11) is 0. The number of aromatic nitrogens is 1. The number of carboxylic acid groups (broad SMARTS) is 3. The zero-order chi connectivity index (χ0) is 27.8. The molecule has 0 radical (unpaired) electrons. The molecule has 0 amide bonds. The zero-order valence-electron chi connectivity index (χ0n) is 20.7. The van der Waals surface area contributed by atoms with Crippen LogP contribution in [0, 0.1) is 0 Å². The van der Waals surface area contributed by atoms with Gasteiger partial charge in [0.1, 0.15) is 12.4 Å². The lowest BCUT2D eigenvalue weighted by Gasteiger charge is -2.18. The van der Waals surface area contributed by atoms with E-state index in [1.54, 1.807) is 36.7 Å². The maximum Gasteiger partial charge on any atom is 0.336 e. The SMILES string of the molecule is CCN(CC)CCOc1ccccc1C=CC(=O)c1ccncc1.O=C(O)CC(O)(CC(=O)O)C(=O)O. The van der Waals surface area contributed by atoms with E-state index in [1.807, 2.05) is 24.3 Å². The van der Waals surface area contributed by atoms with Gasteiger partial charge in [0.05, 0.1) is 12.8 Å². The number of benzene rings is 1. The Labute approximate surface area is 214 Å². The first-order valence-electron chi connectivity index (χ1n) is 11.5. The molecule has 37 heavy (non-hydrogen) atoms. The number of ketones is 1. The van der Waals surface area contributed by atoms with E-state index in [0.29, 0.717) is 12.2 Å². The summed E-state index contributed by atoms with van der Waals surface area (Å²) in [5.41, 5.74) is -1.21. The number of para-hydroxylation sites is 1. The first kappa shape index (κ1) is 30.9. The molecule has 2 aromatic rings. The summed E-state index contributed by atoms with van der Waals surface area (Å²) in [5.74, 6) is -4.27. The predicted octanol–water partition coefficient (Wildman–Crippen LogP) is 2.45. The van der Waals surface area contributed by atoms with Gasteiger partial charge in [-0.15, -0.1) is 0 Å². The summed E-state index contributed by atoms with van der Waals surface area (Å²) < 4.78 is 5.90. The van der Waals surface area contributed by atoms with Gasteiger partial charge in [-0.25, -0.2) is 4.79 Å². The van der Waals surface area contributed by atoms with E-state index in [1.165, 1.54) is 0 Å². The number of aliphatic carboxylic acids is 3. The first-order chi connectivity index (χ1) is 17.5. The number of carboxylic acids is 3. The van der Waals surface area contributed by atoms with Crippen LogP contribution < -0.4 is 4.74 Å². The van der Waals surface area contributed by atoms with Crippen LogP contribution in [0.3, 0.4) is 0 Å². The van der Waals surface area contributed by atoms with Gasteiger partial charge in [0, 0.05) is 30.1 Å². The third-order valence-corrected chi connectivity index (χ3v) is 5.14. The number of carbonyl (C=O) groups excluding carboxylic acids is 1. The number of allylic oxidation sites excluding steroid dienone is 1. The molecule has 0 saturated heterocycles. The van der Waals surface area contributed by atoms with Gasteiger partial charge < -0.3 is 30.1 Å². The molecule has 0 aliphatic rings. The van der Waals surface area contributed by atoms with Crippen LogP contribution >= 0.6 is 0 Å². The Bertz CT molecular complexity index is 1050. The van der Waals surface area contributed by atoms with Gasteiger partial charge in [-0.3, -0.25) is 19.4 Å². The molecule has 0 bridgehead atoms. The highest BCUT2D eigenvalue weighted by molar-refractivity contribution is 6.06. The number of hydrogen-bond acceptors (Lipinski definition) is 8. The standard InChI is InChI=1S/C20H24N2O2.C6H8O7/c1-3-22(4-2)15-16-24-20-8-6-5-7-18(20)9-10-19(23)17-11-13-21-14-12-17;7-3(8)1-6(13,5(11)12)2-4(9)10/h5-14H,3-4,15-16H2,1-2H3;13H,1-2H2,(H,7,8)(H,9,10)(H,11,12). The predicted molar refractivity (Wildman–Crippen MR) is 134 cm³/mol. The second-order valence-corrected chi connectivity index (χ2v) is 7.82. The molecule has 0 unspecified atom stereocenters. The van der Waals surface area contributed by atoms with Gasteiger partial charge in [-0.05, 0) is 43.4 Å². The molecular formula is C26H32N2O9. The van der Waals surface area contributed by atoms with Crippen molar-refractivity contribution < 1.29 is 44.3 Å². The molecule has 2 rings (SSSR count). The fraction of sp³-hybridized carbons (Fsp3) is 0.346. The molecule has 0 fully saturated rings. The topological polar surface area (TPSA) is 175 Å². The smallest absolute Gasteiger partial charge is 0.336 e. The van der Waals surface area contributed by atoms with E-state index in [-0.39, 0.29) is 5.78 Å². The van der Waals surface area contributed by atoms with Crippen molar-refractivity contribution in [2.24, 2.45) is 0 Å². The third kappa shape index (κ3) is 11.5. The monoisotopic (exact) mass is 516 g/mol. The van der Waals surface area contributed by atoms with E-state index in [9.17, 15) is 19.2 Å². The Morgan fingerprint density at radius 2 is 1.51 bits per heavy atom. The number of rotatable bonds is 14. The summed E-state index contributed by atoms with van der Waals surface area (Å²) >= 11 is 0. The maximum absolute atomic E-state index is 12.1. The Balaban J connectivity index is 0.000000448. The van der Waals surface area contributed by atoms with Crippen molar-refractivity contribution in [2.75, 3.05) is 26.2 Å². The van der Waals surface area contributed by atoms with E-state index in [2.05, 4.69) is 23.7 Å². The van der Waals surface area contributed by atoms with E-state index in [4.69, 9.17) is 25.2 Å². The Morgan fingerprint density at radius 1 is 0.946 bits per heavy atom. The van der Waals surface area contributed by atoms with Crippen LogP contribution in [0.1, 0.15) is 42.6 Å². The molecule has 1 aromatic carbocycles. The van der Waals surface area contributed by atoms with Gasteiger partial charge in [0.25, 0.3) is 0 Å². The van der Waals surface area contributed by atoms with E-state index >= 15 is 0 Å². The second kappa shape index (κ2) is 15.8. The van der Waals surface area contributed by atoms with Gasteiger partial charge in [-0.1, -0.05) is 32.0 Å². The fourth-order valence-electron chi connectivity index (χ4n) is 3.07. The van der Waals surface area contributed by atoms with Crippen molar-refractivity contribution in [3.8, 4) is 5.75 Å². The molecule has 11 nitrogen and oxygen atoms in total. The normalized spacial score (nSPS) is 11.0. The molecule has 1 heterocycles. The van der Waals surface area contributed by atoms with Crippen molar-refractivity contribution in [1.82, 2.24) is 9.88 Å². The number of nitrogens with zero attached hydrogens (tertiary/aromatic N) is 2. The summed E-state index contributed by atoms with van der Waals surface area (Å²) in [6.07, 6.45) is 4.32. The van der Waals surface area contributed by atoms with Crippen LogP contribution in [0.4, 0.5) is 0 Å². The molecule has 4 N–H and O–H groups in total. The Hall–Kier alpha value is -4.09. The Morgan fingerprint density at radius 3 is 2.03 bits per heavy atom. The Kier molecular flexibility index (Phi) is 13.2. The summed E-state index contributed by atoms with van der Waals surface area (Å²) in [6, 6.07) is 11.2. The average Bonchev–Trinajstić information content (AvgIpc) is 2.85. The average molecular weight is 517 g/mol. The summed E-state index contributed by atoms with van der Waals surface area (Å²) in [5, 5.41) is 33.8. The van der Waals surface area contributed by atoms with Crippen molar-refractivity contribution in [1.29, 1.82) is 0 Å². The van der Waals surface area contributed by atoms with Crippen molar-refractivity contribution in [2.45, 2.75) is 32.3 Å². The van der Waals surface area contributed by atoms with Crippen molar-refractivity contribution in [3.05, 3.63) is 66.0 Å². The van der Waals surface area contributed by atoms with E-state index in [0.717, 1.165) is 30.9 Å². The molecule has 0 spiro atoms. The molecule has 11 heteroatoms. The summed E-state index contributed by atoms with van der Waals surface area (Å²) in [4.78, 5) is 48.9. The van der Waals surface area contributed by atoms with Crippen molar-refractivity contribution >= 4 is 29.8 Å². The number of ether oxygens (including phenoxy) is 1. The van der Waals surface area contributed by atoms with Crippen LogP contribution in [0.15, 0.2) is 54.9 Å². The number of aliphatic hydroxyl groups is 1. The van der Waals surface area contributed by atoms with Crippen LogP contribution in [0.2, 0.25) is 0 Å². The largest absolute Gasteiger partial charge is 0.492 e. The fourth-order valence-corrected chi connectivity index (χ4v) is 3.07. The molecule has 0 atom stereocenters. The highest BCUT2D eigenvalue weighted by Crippen LogP contribution is 2.20. The second-order valence-electron chi connectivity index (χ2n) is 7.82. The lowest BCUT2D eigenvalue weighted by Crippen LogP contribution is -2.42. The number of carbonyl (C=O) groups is 4. The van der Waals surface area contributed by atoms with Crippen molar-refractivity contribution in [3.63, 3.8) is 0 Å². The molecule has 200 valence electrons. The molecule has 0 saturated carbocycles. The van der Waals surface area contributed by atoms with Gasteiger partial charge >= 0.3 is 17.9 Å². The quantitative estimate of drug-likeness (QED) is 0.214. The molecule has 0 aliphatic carbocycles. The van der Waals surface area contributed by atoms with Gasteiger partial charge in [0.15, 0.2) is 11.4 Å². The lowest BCUT2D eigenvalue weighted by atomic mass is 9.96. The highest BCUT2D eigenvalue weighted by Gasteiger charge is 2.40. The van der Waals surface area contributed by atoms with Crippen LogP contribution in [0.25, 0.3) is 6.08 Å². The minimum Gasteiger partial charge on any atom is -0.492 e. The number of hydrogen-bond donors (Lipinski definition) is 4. The van der Waals surface area contributed by atoms with E-state index < -0.39 is 36.4 Å². The minimum atomic E-state index is -2.74. The lowest BCUT2D eigenvalue weighted by molar-refractivity contribution is -0.170. The molecule has 0 aliphatic heterocycles. The maximum atomic E-state index is 12.1. The van der Waals surface area contributed by atoms with Gasteiger partial charge in [-0.2, -0.15) is 0 Å². The molecular weight excluding hydrogens is 484 g/mol. The number of likely N-dealkylation sites (N-methyl/N-ethyl adjacent to an activating group) is 1.